The minimum atomic E-state index is -3.97. The van der Waals surface area contributed by atoms with Crippen LogP contribution in [0.5, 0.6) is 0 Å². The zero-order valence-corrected chi connectivity index (χ0v) is 8.10. The van der Waals surface area contributed by atoms with Gasteiger partial charge in [-0.25, -0.2) is 0 Å². The minimum absolute atomic E-state index is 0.215. The van der Waals surface area contributed by atoms with Crippen molar-refractivity contribution in [2.24, 2.45) is 0 Å². The Kier molecular flexibility index (Phi) is 6.71. The zero-order valence-electron chi connectivity index (χ0n) is 7.28. The molecule has 4 heteroatoms. The Hall–Kier alpha value is 0.140. The fourth-order valence-electron chi connectivity index (χ4n) is 0.744. The molecule has 0 aromatic carbocycles. The van der Waals surface area contributed by atoms with Gasteiger partial charge >= 0.3 is 6.18 Å². The van der Waals surface area contributed by atoms with E-state index in [-0.39, 0.29) is 5.75 Å². The van der Waals surface area contributed by atoms with Crippen molar-refractivity contribution in [2.75, 3.05) is 11.5 Å². The number of rotatable bonds is 6. The quantitative estimate of drug-likeness (QED) is 0.587. The Morgan fingerprint density at radius 2 is 1.75 bits per heavy atom. The van der Waals surface area contributed by atoms with E-state index >= 15 is 0 Å². The molecule has 0 aromatic heterocycles. The molecular formula is C8H15F3S. The Morgan fingerprint density at radius 1 is 1.08 bits per heavy atom. The SMILES string of the molecule is CCCCCSCCC(F)(F)F. The molecule has 0 saturated carbocycles. The standard InChI is InChI=1S/C8H15F3S/c1-2-3-4-6-12-7-5-8(9,10)11/h2-7H2,1H3. The first-order chi connectivity index (χ1) is 5.56. The fraction of sp³-hybridized carbons (Fsp3) is 1.00. The summed E-state index contributed by atoms with van der Waals surface area (Å²) in [7, 11) is 0. The lowest BCUT2D eigenvalue weighted by Gasteiger charge is -2.04. The molecule has 0 aromatic rings. The van der Waals surface area contributed by atoms with Gasteiger partial charge in [-0.05, 0) is 12.2 Å². The summed E-state index contributed by atoms with van der Waals surface area (Å²) in [6.07, 6.45) is -1.33. The average Bonchev–Trinajstić information content (AvgIpc) is 1.94. The van der Waals surface area contributed by atoms with Gasteiger partial charge in [0.1, 0.15) is 0 Å². The molecule has 0 aliphatic rings. The Labute approximate surface area is 75.9 Å². The fourth-order valence-corrected chi connectivity index (χ4v) is 1.73. The molecule has 0 N–H and O–H groups in total. The number of alkyl halides is 3. The van der Waals surface area contributed by atoms with Gasteiger partial charge in [-0.1, -0.05) is 19.8 Å². The lowest BCUT2D eigenvalue weighted by Crippen LogP contribution is -2.08. The first-order valence-corrected chi connectivity index (χ1v) is 5.36. The van der Waals surface area contributed by atoms with E-state index in [9.17, 15) is 13.2 Å². The van der Waals surface area contributed by atoms with Gasteiger partial charge in [0.2, 0.25) is 0 Å². The van der Waals surface area contributed by atoms with Crippen LogP contribution in [0.25, 0.3) is 0 Å². The van der Waals surface area contributed by atoms with Crippen molar-refractivity contribution in [2.45, 2.75) is 38.8 Å². The monoisotopic (exact) mass is 200 g/mol. The second kappa shape index (κ2) is 6.63. The second-order valence-electron chi connectivity index (χ2n) is 2.68. The summed E-state index contributed by atoms with van der Waals surface area (Å²) in [5.74, 6) is 1.08. The maximum atomic E-state index is 11.6. The Bertz CT molecular complexity index is 101. The summed E-state index contributed by atoms with van der Waals surface area (Å²) in [5.41, 5.74) is 0. The maximum Gasteiger partial charge on any atom is 0.389 e. The maximum absolute atomic E-state index is 11.6. The van der Waals surface area contributed by atoms with Gasteiger partial charge in [0, 0.05) is 5.75 Å². The Morgan fingerprint density at radius 3 is 2.25 bits per heavy atom. The van der Waals surface area contributed by atoms with E-state index in [1.807, 2.05) is 0 Å². The molecule has 0 atom stereocenters. The molecule has 0 unspecified atom stereocenters. The van der Waals surface area contributed by atoms with Gasteiger partial charge in [0.15, 0.2) is 0 Å². The number of unbranched alkanes of at least 4 members (excludes halogenated alkanes) is 2. The van der Waals surface area contributed by atoms with Crippen LogP contribution in [0.4, 0.5) is 13.2 Å². The van der Waals surface area contributed by atoms with Gasteiger partial charge in [-0.15, -0.1) is 0 Å². The molecule has 0 fully saturated rings. The van der Waals surface area contributed by atoms with Crippen molar-refractivity contribution in [1.29, 1.82) is 0 Å². The van der Waals surface area contributed by atoms with Crippen molar-refractivity contribution in [3.05, 3.63) is 0 Å². The third-order valence-electron chi connectivity index (χ3n) is 1.42. The number of hydrogen-bond acceptors (Lipinski definition) is 1. The van der Waals surface area contributed by atoms with Gasteiger partial charge in [-0.2, -0.15) is 24.9 Å². The molecule has 12 heavy (non-hydrogen) atoms. The van der Waals surface area contributed by atoms with Crippen LogP contribution >= 0.6 is 11.8 Å². The van der Waals surface area contributed by atoms with Crippen LogP contribution in [-0.4, -0.2) is 17.7 Å². The van der Waals surface area contributed by atoms with Crippen LogP contribution in [-0.2, 0) is 0 Å². The Balaban J connectivity index is 3.01. The summed E-state index contributed by atoms with van der Waals surface area (Å²) in [6, 6.07) is 0. The highest BCUT2D eigenvalue weighted by molar-refractivity contribution is 7.99. The lowest BCUT2D eigenvalue weighted by molar-refractivity contribution is -0.129. The van der Waals surface area contributed by atoms with Crippen molar-refractivity contribution < 1.29 is 13.2 Å². The molecule has 0 bridgehead atoms. The normalized spacial score (nSPS) is 12.0. The molecule has 0 amide bonds. The van der Waals surface area contributed by atoms with Crippen LogP contribution in [0, 0.1) is 0 Å². The number of hydrogen-bond donors (Lipinski definition) is 0. The summed E-state index contributed by atoms with van der Waals surface area (Å²) < 4.78 is 34.9. The van der Waals surface area contributed by atoms with Crippen molar-refractivity contribution in [3.63, 3.8) is 0 Å². The minimum Gasteiger partial charge on any atom is -0.171 e. The van der Waals surface area contributed by atoms with Crippen molar-refractivity contribution >= 4 is 11.8 Å². The summed E-state index contributed by atoms with van der Waals surface area (Å²) >= 11 is 1.40. The van der Waals surface area contributed by atoms with E-state index in [1.165, 1.54) is 11.8 Å². The number of halogens is 3. The first kappa shape index (κ1) is 12.1. The topological polar surface area (TPSA) is 0 Å². The number of thioether (sulfide) groups is 1. The van der Waals surface area contributed by atoms with Gasteiger partial charge in [-0.3, -0.25) is 0 Å². The van der Waals surface area contributed by atoms with E-state index in [4.69, 9.17) is 0 Å². The third kappa shape index (κ3) is 10.1. The van der Waals surface area contributed by atoms with Crippen LogP contribution in [0.15, 0.2) is 0 Å². The molecule has 0 aliphatic carbocycles. The molecule has 0 nitrogen and oxygen atoms in total. The summed E-state index contributed by atoms with van der Waals surface area (Å²) in [5, 5.41) is 0. The molecule has 0 heterocycles. The van der Waals surface area contributed by atoms with E-state index in [0.29, 0.717) is 0 Å². The molecule has 0 radical (unpaired) electrons. The van der Waals surface area contributed by atoms with E-state index in [0.717, 1.165) is 25.0 Å². The summed E-state index contributed by atoms with van der Waals surface area (Å²) in [6.45, 7) is 2.08. The molecule has 0 rings (SSSR count). The highest BCUT2D eigenvalue weighted by Crippen LogP contribution is 2.22. The molecule has 0 saturated heterocycles. The van der Waals surface area contributed by atoms with Crippen LogP contribution in [0.3, 0.4) is 0 Å². The first-order valence-electron chi connectivity index (χ1n) is 4.20. The molecule has 74 valence electrons. The van der Waals surface area contributed by atoms with E-state index in [1.54, 1.807) is 0 Å². The highest BCUT2D eigenvalue weighted by atomic mass is 32.2. The molecule has 0 aliphatic heterocycles. The zero-order chi connectivity index (χ0) is 9.45. The highest BCUT2D eigenvalue weighted by Gasteiger charge is 2.25. The lowest BCUT2D eigenvalue weighted by atomic mass is 10.3. The largest absolute Gasteiger partial charge is 0.389 e. The predicted molar refractivity (Wildman–Crippen MR) is 47.5 cm³/mol. The van der Waals surface area contributed by atoms with Gasteiger partial charge in [0.05, 0.1) is 6.42 Å². The van der Waals surface area contributed by atoms with Crippen LogP contribution < -0.4 is 0 Å². The van der Waals surface area contributed by atoms with E-state index in [2.05, 4.69) is 6.92 Å². The van der Waals surface area contributed by atoms with Gasteiger partial charge in [0.25, 0.3) is 0 Å². The molecular weight excluding hydrogens is 185 g/mol. The molecule has 0 spiro atoms. The predicted octanol–water partition coefficient (Wildman–Crippen LogP) is 3.86. The third-order valence-corrected chi connectivity index (χ3v) is 2.49. The second-order valence-corrected chi connectivity index (χ2v) is 3.91. The van der Waals surface area contributed by atoms with Crippen molar-refractivity contribution in [1.82, 2.24) is 0 Å². The average molecular weight is 200 g/mol. The smallest absolute Gasteiger partial charge is 0.171 e. The van der Waals surface area contributed by atoms with E-state index < -0.39 is 12.6 Å². The van der Waals surface area contributed by atoms with Crippen LogP contribution in [0.2, 0.25) is 0 Å². The summed E-state index contributed by atoms with van der Waals surface area (Å²) in [4.78, 5) is 0. The van der Waals surface area contributed by atoms with Crippen molar-refractivity contribution in [3.8, 4) is 0 Å². The van der Waals surface area contributed by atoms with Crippen LogP contribution in [0.1, 0.15) is 32.6 Å². The van der Waals surface area contributed by atoms with Gasteiger partial charge < -0.3 is 0 Å².